The molecule has 0 heterocycles. The summed E-state index contributed by atoms with van der Waals surface area (Å²) in [5, 5.41) is 3.02. The summed E-state index contributed by atoms with van der Waals surface area (Å²) in [5.41, 5.74) is 6.64. The molecule has 0 saturated heterocycles. The molecular weight excluding hydrogens is 242 g/mol. The minimum absolute atomic E-state index is 0.170. The Bertz CT molecular complexity index is 388. The molecule has 106 valence electrons. The molecule has 1 aromatic rings. The Morgan fingerprint density at radius 2 is 2.00 bits per heavy atom. The van der Waals surface area contributed by atoms with Crippen LogP contribution in [-0.2, 0) is 4.74 Å². The van der Waals surface area contributed by atoms with Crippen molar-refractivity contribution in [1.29, 1.82) is 0 Å². The lowest BCUT2D eigenvalue weighted by molar-refractivity contribution is 0.156. The van der Waals surface area contributed by atoms with Gasteiger partial charge in [0, 0.05) is 12.3 Å². The third-order valence-corrected chi connectivity index (χ3v) is 2.22. The zero-order valence-electron chi connectivity index (χ0n) is 11.8. The summed E-state index contributed by atoms with van der Waals surface area (Å²) in [5.74, 6) is 1.23. The van der Waals surface area contributed by atoms with Crippen molar-refractivity contribution >= 4 is 11.6 Å². The van der Waals surface area contributed by atoms with Gasteiger partial charge in [0.05, 0.1) is 19.3 Å². The van der Waals surface area contributed by atoms with Crippen molar-refractivity contribution < 1.29 is 9.47 Å². The molecule has 0 radical (unpaired) electrons. The first kappa shape index (κ1) is 15.3. The van der Waals surface area contributed by atoms with E-state index in [-0.39, 0.29) is 6.10 Å². The third kappa shape index (κ3) is 6.67. The van der Waals surface area contributed by atoms with E-state index >= 15 is 0 Å². The first-order valence-corrected chi connectivity index (χ1v) is 6.53. The van der Waals surface area contributed by atoms with Gasteiger partial charge in [0.2, 0.25) is 0 Å². The molecule has 0 aliphatic carbocycles. The number of hydrogen-bond donors (Lipinski definition) is 2. The maximum absolute atomic E-state index is 5.76. The Labute approximate surface area is 114 Å². The van der Waals surface area contributed by atoms with Gasteiger partial charge < -0.3 is 20.5 Å². The Kier molecular flexibility index (Phi) is 6.74. The molecule has 5 nitrogen and oxygen atoms in total. The van der Waals surface area contributed by atoms with Gasteiger partial charge in [0.25, 0.3) is 0 Å². The topological polar surface area (TPSA) is 68.9 Å². The first-order valence-electron chi connectivity index (χ1n) is 6.53. The highest BCUT2D eigenvalue weighted by molar-refractivity contribution is 5.92. The minimum Gasteiger partial charge on any atom is -0.491 e. The largest absolute Gasteiger partial charge is 0.491 e. The first-order chi connectivity index (χ1) is 9.11. The number of benzene rings is 1. The summed E-state index contributed by atoms with van der Waals surface area (Å²) in [6, 6.07) is 7.61. The van der Waals surface area contributed by atoms with E-state index in [1.165, 1.54) is 0 Å². The summed E-state index contributed by atoms with van der Waals surface area (Å²) in [4.78, 5) is 4.15. The molecule has 0 aromatic heterocycles. The minimum atomic E-state index is 0.170. The number of hydrogen-bond acceptors (Lipinski definition) is 3. The molecule has 0 atom stereocenters. The van der Waals surface area contributed by atoms with Crippen molar-refractivity contribution in [2.75, 3.05) is 25.1 Å². The molecule has 0 bridgehead atoms. The standard InChI is InChI=1S/C14H23N3O2/c1-4-18-10-9-16-14(15)17-12-5-7-13(8-6-12)19-11(2)3/h5-8,11H,4,9-10H2,1-3H3,(H3,15,16,17). The number of aliphatic imine (C=N–C) groups is 1. The van der Waals surface area contributed by atoms with Gasteiger partial charge in [-0.15, -0.1) is 0 Å². The molecule has 0 aliphatic rings. The van der Waals surface area contributed by atoms with Crippen molar-refractivity contribution in [3.05, 3.63) is 24.3 Å². The van der Waals surface area contributed by atoms with Crippen LogP contribution >= 0.6 is 0 Å². The average Bonchev–Trinajstić information content (AvgIpc) is 2.36. The molecule has 3 N–H and O–H groups in total. The van der Waals surface area contributed by atoms with E-state index in [0.717, 1.165) is 11.4 Å². The molecule has 19 heavy (non-hydrogen) atoms. The predicted molar refractivity (Wildman–Crippen MR) is 78.8 cm³/mol. The van der Waals surface area contributed by atoms with E-state index in [2.05, 4.69) is 10.3 Å². The van der Waals surface area contributed by atoms with E-state index in [1.807, 2.05) is 45.0 Å². The zero-order chi connectivity index (χ0) is 14.1. The van der Waals surface area contributed by atoms with Crippen molar-refractivity contribution in [2.24, 2.45) is 10.7 Å². The van der Waals surface area contributed by atoms with Gasteiger partial charge in [-0.1, -0.05) is 0 Å². The highest BCUT2D eigenvalue weighted by atomic mass is 16.5. The number of rotatable bonds is 7. The number of guanidine groups is 1. The Morgan fingerprint density at radius 3 is 2.58 bits per heavy atom. The quantitative estimate of drug-likeness (QED) is 0.450. The SMILES string of the molecule is CCOCCN=C(N)Nc1ccc(OC(C)C)cc1. The molecule has 5 heteroatoms. The monoisotopic (exact) mass is 265 g/mol. The van der Waals surface area contributed by atoms with Crippen LogP contribution in [0.1, 0.15) is 20.8 Å². The third-order valence-electron chi connectivity index (χ3n) is 2.22. The van der Waals surface area contributed by atoms with Gasteiger partial charge in [0.1, 0.15) is 5.75 Å². The van der Waals surface area contributed by atoms with Crippen LogP contribution in [0.2, 0.25) is 0 Å². The molecule has 1 rings (SSSR count). The van der Waals surface area contributed by atoms with Gasteiger partial charge in [-0.25, -0.2) is 0 Å². The Morgan fingerprint density at radius 1 is 1.32 bits per heavy atom. The summed E-state index contributed by atoms with van der Waals surface area (Å²) < 4.78 is 10.7. The van der Waals surface area contributed by atoms with Crippen molar-refractivity contribution in [3.8, 4) is 5.75 Å². The van der Waals surface area contributed by atoms with Crippen LogP contribution in [0.3, 0.4) is 0 Å². The average molecular weight is 265 g/mol. The lowest BCUT2D eigenvalue weighted by atomic mass is 10.3. The molecule has 0 aliphatic heterocycles. The van der Waals surface area contributed by atoms with Crippen LogP contribution in [0.15, 0.2) is 29.3 Å². The van der Waals surface area contributed by atoms with Gasteiger partial charge in [-0.3, -0.25) is 4.99 Å². The fourth-order valence-corrected chi connectivity index (χ4v) is 1.45. The fourth-order valence-electron chi connectivity index (χ4n) is 1.45. The van der Waals surface area contributed by atoms with Crippen LogP contribution < -0.4 is 15.8 Å². The molecule has 0 unspecified atom stereocenters. The number of anilines is 1. The summed E-state index contributed by atoms with van der Waals surface area (Å²) >= 11 is 0. The number of nitrogens with two attached hydrogens (primary N) is 1. The molecule has 0 spiro atoms. The van der Waals surface area contributed by atoms with E-state index in [0.29, 0.717) is 25.7 Å². The number of nitrogens with zero attached hydrogens (tertiary/aromatic N) is 1. The van der Waals surface area contributed by atoms with Crippen LogP contribution in [0.25, 0.3) is 0 Å². The zero-order valence-corrected chi connectivity index (χ0v) is 11.8. The number of nitrogens with one attached hydrogen (secondary N) is 1. The van der Waals surface area contributed by atoms with Gasteiger partial charge >= 0.3 is 0 Å². The molecule has 0 fully saturated rings. The Hall–Kier alpha value is -1.75. The van der Waals surface area contributed by atoms with Gasteiger partial charge in [-0.05, 0) is 45.0 Å². The molecular formula is C14H23N3O2. The normalized spacial score (nSPS) is 11.7. The second kappa shape index (κ2) is 8.37. The van der Waals surface area contributed by atoms with Crippen molar-refractivity contribution in [3.63, 3.8) is 0 Å². The number of ether oxygens (including phenoxy) is 2. The van der Waals surface area contributed by atoms with Crippen LogP contribution in [0.4, 0.5) is 5.69 Å². The fraction of sp³-hybridized carbons (Fsp3) is 0.500. The van der Waals surface area contributed by atoms with Crippen molar-refractivity contribution in [1.82, 2.24) is 0 Å². The second-order valence-corrected chi connectivity index (χ2v) is 4.28. The summed E-state index contributed by atoms with van der Waals surface area (Å²) in [6.45, 7) is 7.78. The van der Waals surface area contributed by atoms with Crippen molar-refractivity contribution in [2.45, 2.75) is 26.9 Å². The van der Waals surface area contributed by atoms with E-state index < -0.39 is 0 Å². The second-order valence-electron chi connectivity index (χ2n) is 4.28. The van der Waals surface area contributed by atoms with Crippen LogP contribution in [0, 0.1) is 0 Å². The molecule has 0 amide bonds. The smallest absolute Gasteiger partial charge is 0.193 e. The summed E-state index contributed by atoms with van der Waals surface area (Å²) in [6.07, 6.45) is 0.170. The lowest BCUT2D eigenvalue weighted by Gasteiger charge is -2.10. The van der Waals surface area contributed by atoms with Gasteiger partial charge in [-0.2, -0.15) is 0 Å². The van der Waals surface area contributed by atoms with Crippen LogP contribution in [-0.4, -0.2) is 31.8 Å². The maximum Gasteiger partial charge on any atom is 0.193 e. The Balaban J connectivity index is 2.43. The summed E-state index contributed by atoms with van der Waals surface area (Å²) in [7, 11) is 0. The van der Waals surface area contributed by atoms with E-state index in [9.17, 15) is 0 Å². The highest BCUT2D eigenvalue weighted by Crippen LogP contribution is 2.16. The lowest BCUT2D eigenvalue weighted by Crippen LogP contribution is -2.23. The van der Waals surface area contributed by atoms with Gasteiger partial charge in [0.15, 0.2) is 5.96 Å². The predicted octanol–water partition coefficient (Wildman–Crippen LogP) is 2.24. The highest BCUT2D eigenvalue weighted by Gasteiger charge is 1.99. The van der Waals surface area contributed by atoms with E-state index in [4.69, 9.17) is 15.2 Å². The molecule has 0 saturated carbocycles. The maximum atomic E-state index is 5.76. The van der Waals surface area contributed by atoms with E-state index in [1.54, 1.807) is 0 Å². The van der Waals surface area contributed by atoms with Crippen LogP contribution in [0.5, 0.6) is 5.75 Å². The molecule has 1 aromatic carbocycles.